The second kappa shape index (κ2) is 5.31. The van der Waals surface area contributed by atoms with Crippen LogP contribution < -0.4 is 0 Å². The van der Waals surface area contributed by atoms with Crippen molar-refractivity contribution in [2.45, 2.75) is 40.7 Å². The van der Waals surface area contributed by atoms with E-state index in [1.807, 2.05) is 13.8 Å². The molecule has 0 radical (unpaired) electrons. The van der Waals surface area contributed by atoms with Crippen molar-refractivity contribution in [3.63, 3.8) is 0 Å². The molecule has 0 spiro atoms. The van der Waals surface area contributed by atoms with Gasteiger partial charge in [-0.05, 0) is 55.3 Å². The van der Waals surface area contributed by atoms with E-state index in [4.69, 9.17) is 0 Å². The van der Waals surface area contributed by atoms with Crippen molar-refractivity contribution in [1.29, 1.82) is 0 Å². The molecule has 1 heterocycles. The van der Waals surface area contributed by atoms with Crippen LogP contribution in [0.15, 0.2) is 12.1 Å². The molecule has 1 aromatic carbocycles. The van der Waals surface area contributed by atoms with Crippen LogP contribution in [0.4, 0.5) is 0 Å². The first kappa shape index (κ1) is 13.4. The molecule has 2 nitrogen and oxygen atoms in total. The molecule has 1 atom stereocenters. The van der Waals surface area contributed by atoms with Gasteiger partial charge < -0.3 is 5.11 Å². The minimum Gasteiger partial charge on any atom is -0.507 e. The highest BCUT2D eigenvalue weighted by Gasteiger charge is 2.24. The Kier molecular flexibility index (Phi) is 3.96. The summed E-state index contributed by atoms with van der Waals surface area (Å²) in [7, 11) is 0. The first-order valence-corrected chi connectivity index (χ1v) is 6.99. The van der Waals surface area contributed by atoms with Crippen molar-refractivity contribution in [3.8, 4) is 5.75 Å². The Bertz CT molecular complexity index is 402. The smallest absolute Gasteiger partial charge is 0.121 e. The Labute approximate surface area is 111 Å². The van der Waals surface area contributed by atoms with Gasteiger partial charge in [0.25, 0.3) is 0 Å². The normalized spacial score (nSPS) is 20.8. The molecule has 0 saturated carbocycles. The topological polar surface area (TPSA) is 23.5 Å². The van der Waals surface area contributed by atoms with Gasteiger partial charge in [0, 0.05) is 13.1 Å². The maximum absolute atomic E-state index is 9.79. The quantitative estimate of drug-likeness (QED) is 0.884. The van der Waals surface area contributed by atoms with Crippen molar-refractivity contribution in [3.05, 3.63) is 28.8 Å². The zero-order chi connectivity index (χ0) is 13.3. The Hall–Kier alpha value is -1.02. The Balaban J connectivity index is 2.03. The minimum atomic E-state index is 0.445. The molecule has 18 heavy (non-hydrogen) atoms. The predicted molar refractivity (Wildman–Crippen MR) is 75.8 cm³/mol. The van der Waals surface area contributed by atoms with E-state index in [9.17, 15) is 5.11 Å². The van der Waals surface area contributed by atoms with E-state index in [0.717, 1.165) is 29.5 Å². The van der Waals surface area contributed by atoms with Gasteiger partial charge in [-0.25, -0.2) is 0 Å². The fraction of sp³-hybridized carbons (Fsp3) is 0.625. The molecule has 1 aliphatic rings. The second-order valence-electron chi connectivity index (χ2n) is 6.11. The molecular weight excluding hydrogens is 222 g/mol. The lowest BCUT2D eigenvalue weighted by Gasteiger charge is -2.18. The van der Waals surface area contributed by atoms with E-state index in [2.05, 4.69) is 30.9 Å². The molecule has 1 N–H and O–H groups in total. The fourth-order valence-corrected chi connectivity index (χ4v) is 2.95. The third-order valence-electron chi connectivity index (χ3n) is 4.21. The van der Waals surface area contributed by atoms with E-state index in [1.54, 1.807) is 0 Å². The van der Waals surface area contributed by atoms with Crippen LogP contribution in [0.3, 0.4) is 0 Å². The van der Waals surface area contributed by atoms with E-state index < -0.39 is 0 Å². The summed E-state index contributed by atoms with van der Waals surface area (Å²) in [5.74, 6) is 2.09. The summed E-state index contributed by atoms with van der Waals surface area (Å²) in [6.45, 7) is 12.1. The molecular formula is C16H25NO. The lowest BCUT2D eigenvalue weighted by atomic mass is 9.95. The molecule has 1 aliphatic heterocycles. The number of phenolic OH excluding ortho intramolecular Hbond substituents is 1. The Morgan fingerprint density at radius 2 is 1.89 bits per heavy atom. The van der Waals surface area contributed by atoms with Gasteiger partial charge in [-0.15, -0.1) is 0 Å². The highest BCUT2D eigenvalue weighted by atomic mass is 16.3. The predicted octanol–water partition coefficient (Wildman–Crippen LogP) is 3.49. The van der Waals surface area contributed by atoms with Crippen LogP contribution in [0, 0.1) is 25.7 Å². The van der Waals surface area contributed by atoms with E-state index in [0.29, 0.717) is 5.75 Å². The SMILES string of the molecule is Cc1cc(CN2CCC(C(C)C)C2)cc(C)c1O. The standard InChI is InChI=1S/C16H25NO/c1-11(2)15-5-6-17(10-15)9-14-7-12(3)16(18)13(4)8-14/h7-8,11,15,18H,5-6,9-10H2,1-4H3. The highest BCUT2D eigenvalue weighted by molar-refractivity contribution is 5.42. The van der Waals surface area contributed by atoms with Gasteiger partial charge in [0.1, 0.15) is 5.75 Å². The molecule has 0 bridgehead atoms. The Morgan fingerprint density at radius 1 is 1.28 bits per heavy atom. The molecule has 1 aromatic rings. The van der Waals surface area contributed by atoms with Gasteiger partial charge >= 0.3 is 0 Å². The average Bonchev–Trinajstić information content (AvgIpc) is 2.74. The second-order valence-corrected chi connectivity index (χ2v) is 6.11. The highest BCUT2D eigenvalue weighted by Crippen LogP contribution is 2.27. The van der Waals surface area contributed by atoms with Crippen molar-refractivity contribution in [1.82, 2.24) is 4.90 Å². The summed E-state index contributed by atoms with van der Waals surface area (Å²) in [5, 5.41) is 9.79. The molecule has 1 fully saturated rings. The van der Waals surface area contributed by atoms with Gasteiger partial charge in [-0.3, -0.25) is 4.90 Å². The number of nitrogens with zero attached hydrogens (tertiary/aromatic N) is 1. The molecule has 1 saturated heterocycles. The van der Waals surface area contributed by atoms with Gasteiger partial charge in [0.05, 0.1) is 0 Å². The van der Waals surface area contributed by atoms with Crippen LogP contribution in [0.25, 0.3) is 0 Å². The number of aromatic hydroxyl groups is 1. The van der Waals surface area contributed by atoms with Crippen LogP contribution in [0.2, 0.25) is 0 Å². The van der Waals surface area contributed by atoms with Crippen molar-refractivity contribution >= 4 is 0 Å². The third-order valence-corrected chi connectivity index (χ3v) is 4.21. The molecule has 100 valence electrons. The number of aryl methyl sites for hydroxylation is 2. The van der Waals surface area contributed by atoms with Gasteiger partial charge in [-0.2, -0.15) is 0 Å². The summed E-state index contributed by atoms with van der Waals surface area (Å²) >= 11 is 0. The first-order valence-electron chi connectivity index (χ1n) is 6.99. The van der Waals surface area contributed by atoms with E-state index in [1.165, 1.54) is 25.1 Å². The zero-order valence-electron chi connectivity index (χ0n) is 12.0. The summed E-state index contributed by atoms with van der Waals surface area (Å²) in [4.78, 5) is 2.54. The van der Waals surface area contributed by atoms with Crippen LogP contribution in [0.1, 0.15) is 37.0 Å². The summed E-state index contributed by atoms with van der Waals surface area (Å²) in [5.41, 5.74) is 3.31. The lowest BCUT2D eigenvalue weighted by Crippen LogP contribution is -2.21. The summed E-state index contributed by atoms with van der Waals surface area (Å²) in [6.07, 6.45) is 1.33. The minimum absolute atomic E-state index is 0.445. The van der Waals surface area contributed by atoms with Gasteiger partial charge in [0.15, 0.2) is 0 Å². The first-order chi connectivity index (χ1) is 8.47. The molecule has 0 aliphatic carbocycles. The Morgan fingerprint density at radius 3 is 2.39 bits per heavy atom. The third kappa shape index (κ3) is 2.86. The summed E-state index contributed by atoms with van der Waals surface area (Å²) < 4.78 is 0. The molecule has 2 heteroatoms. The molecule has 1 unspecified atom stereocenters. The van der Waals surface area contributed by atoms with Crippen LogP contribution >= 0.6 is 0 Å². The zero-order valence-corrected chi connectivity index (χ0v) is 12.0. The van der Waals surface area contributed by atoms with Gasteiger partial charge in [-0.1, -0.05) is 26.0 Å². The van der Waals surface area contributed by atoms with Gasteiger partial charge in [0.2, 0.25) is 0 Å². The average molecular weight is 247 g/mol. The molecule has 2 rings (SSSR count). The number of hydrogen-bond donors (Lipinski definition) is 1. The fourth-order valence-electron chi connectivity index (χ4n) is 2.95. The van der Waals surface area contributed by atoms with E-state index >= 15 is 0 Å². The van der Waals surface area contributed by atoms with Crippen molar-refractivity contribution in [2.24, 2.45) is 11.8 Å². The number of hydrogen-bond acceptors (Lipinski definition) is 2. The number of rotatable bonds is 3. The monoisotopic (exact) mass is 247 g/mol. The maximum atomic E-state index is 9.79. The lowest BCUT2D eigenvalue weighted by molar-refractivity contribution is 0.296. The van der Waals surface area contributed by atoms with Crippen LogP contribution in [-0.2, 0) is 6.54 Å². The number of phenols is 1. The molecule has 0 amide bonds. The number of likely N-dealkylation sites (tertiary alicyclic amines) is 1. The number of benzene rings is 1. The van der Waals surface area contributed by atoms with Crippen molar-refractivity contribution < 1.29 is 5.11 Å². The molecule has 0 aromatic heterocycles. The van der Waals surface area contributed by atoms with Crippen LogP contribution in [-0.4, -0.2) is 23.1 Å². The van der Waals surface area contributed by atoms with Crippen molar-refractivity contribution in [2.75, 3.05) is 13.1 Å². The van der Waals surface area contributed by atoms with E-state index in [-0.39, 0.29) is 0 Å². The van der Waals surface area contributed by atoms with Crippen LogP contribution in [0.5, 0.6) is 5.75 Å². The maximum Gasteiger partial charge on any atom is 0.121 e. The largest absolute Gasteiger partial charge is 0.507 e. The summed E-state index contributed by atoms with van der Waals surface area (Å²) in [6, 6.07) is 4.23.